The number of nitro benzene ring substituents is 1. The Bertz CT molecular complexity index is 825. The van der Waals surface area contributed by atoms with Crippen molar-refractivity contribution in [3.63, 3.8) is 0 Å². The molecule has 22 heavy (non-hydrogen) atoms. The Morgan fingerprint density at radius 1 is 1.00 bits per heavy atom. The van der Waals surface area contributed by atoms with E-state index in [0.717, 1.165) is 16.5 Å². The molecular formula is C16H10N2O4. The zero-order valence-electron chi connectivity index (χ0n) is 11.4. The maximum Gasteiger partial charge on any atom is 0.270 e. The first-order valence-electron chi connectivity index (χ1n) is 6.42. The van der Waals surface area contributed by atoms with E-state index in [1.165, 1.54) is 12.1 Å². The molecule has 1 aliphatic heterocycles. The summed E-state index contributed by atoms with van der Waals surface area (Å²) in [5.41, 5.74) is 1.27. The van der Waals surface area contributed by atoms with Gasteiger partial charge in [0.05, 0.1) is 21.7 Å². The summed E-state index contributed by atoms with van der Waals surface area (Å²) in [6, 6.07) is 10.4. The molecule has 0 aliphatic carbocycles. The smallest absolute Gasteiger partial charge is 0.268 e. The van der Waals surface area contributed by atoms with Gasteiger partial charge in [-0.05, 0) is 23.8 Å². The van der Waals surface area contributed by atoms with Crippen molar-refractivity contribution in [2.24, 2.45) is 0 Å². The van der Waals surface area contributed by atoms with Gasteiger partial charge in [-0.15, -0.1) is 0 Å². The highest BCUT2D eigenvalue weighted by atomic mass is 16.6. The number of carbonyl (C=O) groups excluding carboxylic acids is 2. The minimum absolute atomic E-state index is 0.0481. The van der Waals surface area contributed by atoms with Crippen LogP contribution in [0, 0.1) is 10.1 Å². The van der Waals surface area contributed by atoms with E-state index in [4.69, 9.17) is 0 Å². The fraction of sp³-hybridized carbons (Fsp3) is 0. The molecule has 0 unspecified atom stereocenters. The number of benzene rings is 2. The lowest BCUT2D eigenvalue weighted by molar-refractivity contribution is -0.384. The summed E-state index contributed by atoms with van der Waals surface area (Å²) < 4.78 is 0. The Balaban J connectivity index is 2.05. The monoisotopic (exact) mass is 294 g/mol. The lowest BCUT2D eigenvalue weighted by atomic mass is 10.1. The highest BCUT2D eigenvalue weighted by Gasteiger charge is 2.37. The largest absolute Gasteiger partial charge is 0.270 e. The molecule has 0 fully saturated rings. The standard InChI is InChI=1S/C16H10N2O4/c1-2-10-3-5-11(6-4-10)17-15(19)13-8-7-12(18(21)22)9-14(13)16(17)20/h2-9H,1H2. The molecule has 0 N–H and O–H groups in total. The molecule has 0 saturated carbocycles. The van der Waals surface area contributed by atoms with E-state index in [2.05, 4.69) is 6.58 Å². The Morgan fingerprint density at radius 3 is 2.23 bits per heavy atom. The number of nitrogens with zero attached hydrogens (tertiary/aromatic N) is 2. The van der Waals surface area contributed by atoms with Crippen molar-refractivity contribution in [1.82, 2.24) is 0 Å². The first-order chi connectivity index (χ1) is 10.5. The first kappa shape index (κ1) is 13.7. The van der Waals surface area contributed by atoms with Crippen LogP contribution >= 0.6 is 0 Å². The minimum Gasteiger partial charge on any atom is -0.268 e. The molecule has 0 aromatic heterocycles. The minimum atomic E-state index is -0.598. The lowest BCUT2D eigenvalue weighted by Crippen LogP contribution is -2.29. The second-order valence-electron chi connectivity index (χ2n) is 4.73. The van der Waals surface area contributed by atoms with Crippen LogP contribution in [-0.2, 0) is 0 Å². The van der Waals surface area contributed by atoms with Gasteiger partial charge in [0, 0.05) is 12.1 Å². The fourth-order valence-electron chi connectivity index (χ4n) is 2.34. The van der Waals surface area contributed by atoms with Crippen LogP contribution in [0.3, 0.4) is 0 Å². The van der Waals surface area contributed by atoms with E-state index in [1.54, 1.807) is 30.3 Å². The number of carbonyl (C=O) groups is 2. The van der Waals surface area contributed by atoms with Crippen LogP contribution in [0.1, 0.15) is 26.3 Å². The zero-order chi connectivity index (χ0) is 15.9. The van der Waals surface area contributed by atoms with Crippen LogP contribution in [0.25, 0.3) is 6.08 Å². The third kappa shape index (κ3) is 1.98. The van der Waals surface area contributed by atoms with Gasteiger partial charge in [-0.3, -0.25) is 19.7 Å². The van der Waals surface area contributed by atoms with E-state index in [9.17, 15) is 19.7 Å². The summed E-state index contributed by atoms with van der Waals surface area (Å²) in [6.07, 6.45) is 1.65. The fourth-order valence-corrected chi connectivity index (χ4v) is 2.34. The average molecular weight is 294 g/mol. The molecule has 108 valence electrons. The number of hydrogen-bond acceptors (Lipinski definition) is 4. The van der Waals surface area contributed by atoms with E-state index in [0.29, 0.717) is 5.69 Å². The molecule has 0 saturated heterocycles. The number of hydrogen-bond donors (Lipinski definition) is 0. The van der Waals surface area contributed by atoms with Crippen LogP contribution in [-0.4, -0.2) is 16.7 Å². The Labute approximate surface area is 125 Å². The predicted molar refractivity (Wildman–Crippen MR) is 80.8 cm³/mol. The van der Waals surface area contributed by atoms with Crippen molar-refractivity contribution < 1.29 is 14.5 Å². The van der Waals surface area contributed by atoms with E-state index < -0.39 is 16.7 Å². The number of non-ortho nitro benzene ring substituents is 1. The molecule has 2 amide bonds. The summed E-state index contributed by atoms with van der Waals surface area (Å²) in [6.45, 7) is 3.64. The van der Waals surface area contributed by atoms with Gasteiger partial charge < -0.3 is 0 Å². The normalized spacial score (nSPS) is 13.2. The maximum atomic E-state index is 12.4. The van der Waals surface area contributed by atoms with Gasteiger partial charge in [-0.25, -0.2) is 4.90 Å². The molecule has 1 heterocycles. The van der Waals surface area contributed by atoms with Crippen molar-refractivity contribution in [3.8, 4) is 0 Å². The number of nitro groups is 1. The summed E-state index contributed by atoms with van der Waals surface area (Å²) in [4.78, 5) is 36.0. The molecule has 1 aliphatic rings. The summed E-state index contributed by atoms with van der Waals surface area (Å²) in [5, 5.41) is 10.8. The van der Waals surface area contributed by atoms with Crippen molar-refractivity contribution in [2.75, 3.05) is 4.90 Å². The highest BCUT2D eigenvalue weighted by molar-refractivity contribution is 6.34. The number of rotatable bonds is 3. The second-order valence-corrected chi connectivity index (χ2v) is 4.73. The average Bonchev–Trinajstić information content (AvgIpc) is 2.78. The molecule has 6 nitrogen and oxygen atoms in total. The molecule has 0 bridgehead atoms. The zero-order valence-corrected chi connectivity index (χ0v) is 11.4. The van der Waals surface area contributed by atoms with Crippen molar-refractivity contribution in [1.29, 1.82) is 0 Å². The van der Waals surface area contributed by atoms with Gasteiger partial charge in [-0.1, -0.05) is 24.8 Å². The topological polar surface area (TPSA) is 80.5 Å². The first-order valence-corrected chi connectivity index (χ1v) is 6.42. The van der Waals surface area contributed by atoms with Gasteiger partial charge in [0.15, 0.2) is 0 Å². The molecular weight excluding hydrogens is 284 g/mol. The number of amides is 2. The number of anilines is 1. The van der Waals surface area contributed by atoms with Gasteiger partial charge in [0.25, 0.3) is 17.5 Å². The Kier molecular flexibility index (Phi) is 3.06. The second kappa shape index (κ2) is 4.92. The lowest BCUT2D eigenvalue weighted by Gasteiger charge is -2.13. The summed E-state index contributed by atoms with van der Waals surface area (Å²) in [7, 11) is 0. The molecule has 6 heteroatoms. The van der Waals surface area contributed by atoms with E-state index in [-0.39, 0.29) is 16.8 Å². The predicted octanol–water partition coefficient (Wildman–Crippen LogP) is 3.04. The Hall–Kier alpha value is -3.28. The maximum absolute atomic E-state index is 12.4. The van der Waals surface area contributed by atoms with Crippen LogP contribution < -0.4 is 4.90 Å². The third-order valence-electron chi connectivity index (χ3n) is 3.47. The number of fused-ring (bicyclic) bond motifs is 1. The Morgan fingerprint density at radius 2 is 1.64 bits per heavy atom. The molecule has 2 aromatic rings. The van der Waals surface area contributed by atoms with Crippen LogP contribution in [0.5, 0.6) is 0 Å². The van der Waals surface area contributed by atoms with Crippen molar-refractivity contribution >= 4 is 29.3 Å². The van der Waals surface area contributed by atoms with Crippen molar-refractivity contribution in [2.45, 2.75) is 0 Å². The number of imide groups is 1. The SMILES string of the molecule is C=Cc1ccc(N2C(=O)c3ccc([N+](=O)[O-])cc3C2=O)cc1. The molecule has 2 aromatic carbocycles. The molecule has 0 radical (unpaired) electrons. The quantitative estimate of drug-likeness (QED) is 0.495. The van der Waals surface area contributed by atoms with Crippen molar-refractivity contribution in [3.05, 3.63) is 75.8 Å². The van der Waals surface area contributed by atoms with Crippen LogP contribution in [0.2, 0.25) is 0 Å². The van der Waals surface area contributed by atoms with Crippen LogP contribution in [0.4, 0.5) is 11.4 Å². The summed E-state index contributed by atoms with van der Waals surface area (Å²) in [5.74, 6) is -1.05. The highest BCUT2D eigenvalue weighted by Crippen LogP contribution is 2.30. The van der Waals surface area contributed by atoms with Crippen LogP contribution in [0.15, 0.2) is 49.0 Å². The molecule has 0 spiro atoms. The molecule has 3 rings (SSSR count). The van der Waals surface area contributed by atoms with E-state index in [1.807, 2.05) is 0 Å². The summed E-state index contributed by atoms with van der Waals surface area (Å²) >= 11 is 0. The van der Waals surface area contributed by atoms with Gasteiger partial charge in [-0.2, -0.15) is 0 Å². The van der Waals surface area contributed by atoms with Gasteiger partial charge in [0.1, 0.15) is 0 Å². The molecule has 0 atom stereocenters. The third-order valence-corrected chi connectivity index (χ3v) is 3.47. The van der Waals surface area contributed by atoms with Gasteiger partial charge >= 0.3 is 0 Å². The van der Waals surface area contributed by atoms with Gasteiger partial charge in [0.2, 0.25) is 0 Å². The van der Waals surface area contributed by atoms with E-state index >= 15 is 0 Å².